The zero-order valence-corrected chi connectivity index (χ0v) is 14.4. The third-order valence-corrected chi connectivity index (χ3v) is 3.92. The summed E-state index contributed by atoms with van der Waals surface area (Å²) in [5.41, 5.74) is 0.943. The van der Waals surface area contributed by atoms with Gasteiger partial charge in [-0.05, 0) is 11.5 Å². The second-order valence-electron chi connectivity index (χ2n) is 5.72. The highest BCUT2D eigenvalue weighted by atomic mass is 16.6. The van der Waals surface area contributed by atoms with E-state index < -0.39 is 12.1 Å². The molecule has 0 saturated heterocycles. The molecular weight excluding hydrogens is 336 g/mol. The van der Waals surface area contributed by atoms with E-state index >= 15 is 0 Å². The summed E-state index contributed by atoms with van der Waals surface area (Å²) in [7, 11) is 0. The van der Waals surface area contributed by atoms with E-state index in [2.05, 4.69) is 0 Å². The average molecular weight is 358 g/mol. The Labute approximate surface area is 151 Å². The van der Waals surface area contributed by atoms with Gasteiger partial charge in [0.2, 0.25) is 6.10 Å². The molecular formula is C20H22O6. The highest BCUT2D eigenvalue weighted by molar-refractivity contribution is 5.93. The van der Waals surface area contributed by atoms with Crippen LogP contribution in [0.4, 0.5) is 0 Å². The van der Waals surface area contributed by atoms with E-state index in [-0.39, 0.29) is 19.8 Å². The second-order valence-corrected chi connectivity index (χ2v) is 5.72. The maximum absolute atomic E-state index is 12.2. The largest absolute Gasteiger partial charge is 0.473 e. The molecule has 0 amide bonds. The Bertz CT molecular complexity index is 770. The molecule has 0 aromatic heterocycles. The van der Waals surface area contributed by atoms with E-state index in [4.69, 9.17) is 24.1 Å². The molecule has 138 valence electrons. The standard InChI is InChI=1S/C20H22O6/c21-9-10-23-11-12-24-13-14-25-20(22)18-8-7-16-6-5-15-3-1-2-4-17(15)19(16)26-18/h1-8,18,21H,9-14H2. The summed E-state index contributed by atoms with van der Waals surface area (Å²) in [6.07, 6.45) is 2.82. The Balaban J connectivity index is 1.48. The van der Waals surface area contributed by atoms with Gasteiger partial charge in [0.1, 0.15) is 12.4 Å². The number of esters is 1. The summed E-state index contributed by atoms with van der Waals surface area (Å²) in [6, 6.07) is 11.9. The van der Waals surface area contributed by atoms with E-state index in [1.807, 2.05) is 42.5 Å². The van der Waals surface area contributed by atoms with Crippen LogP contribution in [-0.4, -0.2) is 56.8 Å². The minimum Gasteiger partial charge on any atom is -0.473 e. The van der Waals surface area contributed by atoms with E-state index in [0.717, 1.165) is 16.3 Å². The number of benzene rings is 2. The molecule has 1 aliphatic rings. The van der Waals surface area contributed by atoms with Crippen LogP contribution in [0.1, 0.15) is 5.56 Å². The van der Waals surface area contributed by atoms with Gasteiger partial charge in [-0.1, -0.05) is 42.5 Å². The van der Waals surface area contributed by atoms with Crippen LogP contribution in [0, 0.1) is 0 Å². The third-order valence-electron chi connectivity index (χ3n) is 3.92. The molecule has 0 bridgehead atoms. The molecule has 2 aromatic rings. The Hall–Kier alpha value is -2.41. The molecule has 1 aliphatic heterocycles. The van der Waals surface area contributed by atoms with Crippen molar-refractivity contribution in [3.05, 3.63) is 48.0 Å². The predicted molar refractivity (Wildman–Crippen MR) is 97.1 cm³/mol. The van der Waals surface area contributed by atoms with Crippen molar-refractivity contribution in [3.8, 4) is 5.75 Å². The van der Waals surface area contributed by atoms with Crippen LogP contribution in [0.25, 0.3) is 16.8 Å². The lowest BCUT2D eigenvalue weighted by molar-refractivity contribution is -0.151. The first kappa shape index (κ1) is 18.4. The van der Waals surface area contributed by atoms with Crippen LogP contribution in [0.15, 0.2) is 42.5 Å². The maximum Gasteiger partial charge on any atom is 0.351 e. The van der Waals surface area contributed by atoms with Crippen LogP contribution in [0.3, 0.4) is 0 Å². The number of aliphatic hydroxyl groups is 1. The van der Waals surface area contributed by atoms with Gasteiger partial charge in [-0.3, -0.25) is 0 Å². The molecule has 2 aromatic carbocycles. The highest BCUT2D eigenvalue weighted by Crippen LogP contribution is 2.34. The number of aliphatic hydroxyl groups excluding tert-OH is 1. The molecule has 26 heavy (non-hydrogen) atoms. The van der Waals surface area contributed by atoms with Gasteiger partial charge in [0.05, 0.1) is 33.0 Å². The summed E-state index contributed by atoms with van der Waals surface area (Å²) in [5.74, 6) is 0.254. The molecule has 0 aliphatic carbocycles. The van der Waals surface area contributed by atoms with E-state index in [1.54, 1.807) is 6.08 Å². The number of hydrogen-bond donors (Lipinski definition) is 1. The van der Waals surface area contributed by atoms with Gasteiger partial charge in [0, 0.05) is 10.9 Å². The van der Waals surface area contributed by atoms with Crippen LogP contribution in [-0.2, 0) is 19.0 Å². The molecule has 3 rings (SSSR count). The normalized spacial score (nSPS) is 15.5. The average Bonchev–Trinajstić information content (AvgIpc) is 2.69. The first-order valence-corrected chi connectivity index (χ1v) is 8.59. The van der Waals surface area contributed by atoms with Crippen LogP contribution >= 0.6 is 0 Å². The SMILES string of the molecule is O=C(OCCOCCOCCO)C1C=Cc2ccc3ccccc3c2O1. The van der Waals surface area contributed by atoms with Gasteiger partial charge in [-0.25, -0.2) is 4.79 Å². The van der Waals surface area contributed by atoms with Crippen LogP contribution in [0.5, 0.6) is 5.75 Å². The monoisotopic (exact) mass is 358 g/mol. The maximum atomic E-state index is 12.2. The fourth-order valence-corrected chi connectivity index (χ4v) is 2.68. The number of ether oxygens (including phenoxy) is 4. The molecule has 0 saturated carbocycles. The molecule has 1 N–H and O–H groups in total. The lowest BCUT2D eigenvalue weighted by Crippen LogP contribution is -2.30. The topological polar surface area (TPSA) is 74.2 Å². The minimum absolute atomic E-state index is 0.00899. The Kier molecular flexibility index (Phi) is 6.60. The van der Waals surface area contributed by atoms with Crippen molar-refractivity contribution in [3.63, 3.8) is 0 Å². The molecule has 0 radical (unpaired) electrons. The van der Waals surface area contributed by atoms with E-state index in [9.17, 15) is 4.79 Å². The van der Waals surface area contributed by atoms with Gasteiger partial charge in [-0.15, -0.1) is 0 Å². The van der Waals surface area contributed by atoms with E-state index in [1.165, 1.54) is 0 Å². The van der Waals surface area contributed by atoms with Crippen molar-refractivity contribution in [2.45, 2.75) is 6.10 Å². The summed E-state index contributed by atoms with van der Waals surface area (Å²) in [6.45, 7) is 1.49. The second kappa shape index (κ2) is 9.33. The lowest BCUT2D eigenvalue weighted by Gasteiger charge is -2.21. The Morgan fingerprint density at radius 2 is 1.77 bits per heavy atom. The first-order chi connectivity index (χ1) is 12.8. The Morgan fingerprint density at radius 1 is 1.00 bits per heavy atom. The molecule has 1 atom stereocenters. The quantitative estimate of drug-likeness (QED) is 0.547. The zero-order valence-electron chi connectivity index (χ0n) is 14.4. The van der Waals surface area contributed by atoms with Gasteiger partial charge < -0.3 is 24.1 Å². The summed E-state index contributed by atoms with van der Waals surface area (Å²) in [4.78, 5) is 12.2. The first-order valence-electron chi connectivity index (χ1n) is 8.59. The molecule has 6 heteroatoms. The smallest absolute Gasteiger partial charge is 0.351 e. The Morgan fingerprint density at radius 3 is 2.62 bits per heavy atom. The van der Waals surface area contributed by atoms with Crippen LogP contribution < -0.4 is 4.74 Å². The van der Waals surface area contributed by atoms with Gasteiger partial charge in [0.15, 0.2) is 0 Å². The predicted octanol–water partition coefficient (Wildman–Crippen LogP) is 2.18. The zero-order chi connectivity index (χ0) is 18.2. The fraction of sp³-hybridized carbons (Fsp3) is 0.350. The molecule has 1 unspecified atom stereocenters. The van der Waals surface area contributed by atoms with Crippen molar-refractivity contribution in [2.75, 3.05) is 39.6 Å². The van der Waals surface area contributed by atoms with Gasteiger partial charge in [0.25, 0.3) is 0 Å². The lowest BCUT2D eigenvalue weighted by atomic mass is 10.0. The van der Waals surface area contributed by atoms with Gasteiger partial charge >= 0.3 is 5.97 Å². The van der Waals surface area contributed by atoms with Gasteiger partial charge in [-0.2, -0.15) is 0 Å². The summed E-state index contributed by atoms with van der Waals surface area (Å²) >= 11 is 0. The molecule has 0 spiro atoms. The highest BCUT2D eigenvalue weighted by Gasteiger charge is 2.24. The number of carbonyl (C=O) groups excluding carboxylic acids is 1. The van der Waals surface area contributed by atoms with Crippen molar-refractivity contribution in [2.24, 2.45) is 0 Å². The van der Waals surface area contributed by atoms with E-state index in [0.29, 0.717) is 25.6 Å². The number of fused-ring (bicyclic) bond motifs is 3. The van der Waals surface area contributed by atoms with Crippen LogP contribution in [0.2, 0.25) is 0 Å². The van der Waals surface area contributed by atoms with Crippen molar-refractivity contribution in [1.29, 1.82) is 0 Å². The minimum atomic E-state index is -0.763. The summed E-state index contributed by atoms with van der Waals surface area (Å²) < 4.78 is 21.5. The molecule has 6 nitrogen and oxygen atoms in total. The molecule has 1 heterocycles. The van der Waals surface area contributed by atoms with Crippen molar-refractivity contribution >= 4 is 22.8 Å². The fourth-order valence-electron chi connectivity index (χ4n) is 2.68. The molecule has 0 fully saturated rings. The third kappa shape index (κ3) is 4.60. The van der Waals surface area contributed by atoms with Crippen molar-refractivity contribution in [1.82, 2.24) is 0 Å². The van der Waals surface area contributed by atoms with Crippen molar-refractivity contribution < 1.29 is 28.8 Å². The number of rotatable bonds is 9. The number of carbonyl (C=O) groups is 1. The summed E-state index contributed by atoms with van der Waals surface area (Å²) in [5, 5.41) is 10.6. The number of hydrogen-bond acceptors (Lipinski definition) is 6.